The van der Waals surface area contributed by atoms with E-state index in [2.05, 4.69) is 5.32 Å². The van der Waals surface area contributed by atoms with Gasteiger partial charge in [0.15, 0.2) is 0 Å². The molecule has 0 aliphatic carbocycles. The summed E-state index contributed by atoms with van der Waals surface area (Å²) in [6.45, 7) is 0.510. The van der Waals surface area contributed by atoms with E-state index >= 15 is 0 Å². The van der Waals surface area contributed by atoms with E-state index in [1.807, 2.05) is 0 Å². The van der Waals surface area contributed by atoms with Crippen LogP contribution in [0.4, 0.5) is 0 Å². The Morgan fingerprint density at radius 1 is 1.14 bits per heavy atom. The third-order valence-corrected chi connectivity index (χ3v) is 3.51. The molecule has 2 heterocycles. The molecule has 7 nitrogen and oxygen atoms in total. The van der Waals surface area contributed by atoms with Gasteiger partial charge in [-0.15, -0.1) is 0 Å². The first-order valence-corrected chi connectivity index (χ1v) is 6.57. The molecule has 7 heteroatoms. The molecule has 1 N–H and O–H groups in total. The van der Waals surface area contributed by atoms with E-state index in [0.29, 0.717) is 24.4 Å². The molecule has 1 fully saturated rings. The van der Waals surface area contributed by atoms with Crippen molar-refractivity contribution in [2.45, 2.75) is 12.8 Å². The molecular formula is C14H12N2O5. The van der Waals surface area contributed by atoms with Crippen molar-refractivity contribution in [1.29, 1.82) is 0 Å². The Kier molecular flexibility index (Phi) is 3.17. The standard InChI is InChI=1S/C14H12N2O5/c17-11-10(6-3-7-15-11)14(20)21-16-12(18)8-4-1-2-5-9(8)13(16)19/h1-2,4-5,10H,3,6-7H2,(H,15,17). The first kappa shape index (κ1) is 13.3. The predicted molar refractivity (Wildman–Crippen MR) is 68.8 cm³/mol. The summed E-state index contributed by atoms with van der Waals surface area (Å²) in [6.07, 6.45) is 0.988. The van der Waals surface area contributed by atoms with Gasteiger partial charge in [0.05, 0.1) is 11.1 Å². The highest BCUT2D eigenvalue weighted by Crippen LogP contribution is 2.24. The van der Waals surface area contributed by atoms with Crippen LogP contribution in [0.2, 0.25) is 0 Å². The van der Waals surface area contributed by atoms with Crippen molar-refractivity contribution in [2.75, 3.05) is 6.54 Å². The van der Waals surface area contributed by atoms with Gasteiger partial charge in [-0.25, -0.2) is 4.79 Å². The number of carbonyl (C=O) groups excluding carboxylic acids is 4. The average Bonchev–Trinajstić information content (AvgIpc) is 2.73. The highest BCUT2D eigenvalue weighted by Gasteiger charge is 2.41. The summed E-state index contributed by atoms with van der Waals surface area (Å²) in [5.74, 6) is -3.70. The summed E-state index contributed by atoms with van der Waals surface area (Å²) in [5, 5.41) is 2.97. The molecule has 2 aliphatic rings. The lowest BCUT2D eigenvalue weighted by Gasteiger charge is -2.21. The van der Waals surface area contributed by atoms with Crippen molar-refractivity contribution in [3.05, 3.63) is 35.4 Å². The fourth-order valence-corrected chi connectivity index (χ4v) is 2.40. The summed E-state index contributed by atoms with van der Waals surface area (Å²) in [6, 6.07) is 6.20. The van der Waals surface area contributed by atoms with Crippen molar-refractivity contribution in [3.63, 3.8) is 0 Å². The minimum Gasteiger partial charge on any atom is -0.355 e. The van der Waals surface area contributed by atoms with Gasteiger partial charge in [0.1, 0.15) is 5.92 Å². The number of amides is 3. The number of benzene rings is 1. The lowest BCUT2D eigenvalue weighted by molar-refractivity contribution is -0.176. The number of hydroxylamine groups is 2. The molecule has 108 valence electrons. The van der Waals surface area contributed by atoms with Gasteiger partial charge in [-0.3, -0.25) is 14.4 Å². The summed E-state index contributed by atoms with van der Waals surface area (Å²) in [7, 11) is 0. The van der Waals surface area contributed by atoms with Gasteiger partial charge in [0.25, 0.3) is 11.8 Å². The molecule has 0 radical (unpaired) electrons. The second-order valence-corrected chi connectivity index (χ2v) is 4.85. The van der Waals surface area contributed by atoms with Gasteiger partial charge in [0, 0.05) is 6.54 Å². The predicted octanol–water partition coefficient (Wildman–Crippen LogP) is 0.267. The summed E-state index contributed by atoms with van der Waals surface area (Å²) < 4.78 is 0. The van der Waals surface area contributed by atoms with Crippen LogP contribution in [-0.4, -0.2) is 35.3 Å². The van der Waals surface area contributed by atoms with Crippen molar-refractivity contribution in [2.24, 2.45) is 5.92 Å². The third-order valence-electron chi connectivity index (χ3n) is 3.51. The molecule has 0 spiro atoms. The van der Waals surface area contributed by atoms with Crippen LogP contribution in [0.5, 0.6) is 0 Å². The van der Waals surface area contributed by atoms with Gasteiger partial charge in [0.2, 0.25) is 5.91 Å². The van der Waals surface area contributed by atoms with Gasteiger partial charge in [-0.05, 0) is 25.0 Å². The molecule has 0 aromatic heterocycles. The number of carbonyl (C=O) groups is 4. The van der Waals surface area contributed by atoms with Gasteiger partial charge in [-0.1, -0.05) is 17.2 Å². The number of fused-ring (bicyclic) bond motifs is 1. The summed E-state index contributed by atoms with van der Waals surface area (Å²) in [5.41, 5.74) is 0.367. The van der Waals surface area contributed by atoms with Crippen LogP contribution in [0, 0.1) is 5.92 Å². The minimum atomic E-state index is -0.983. The zero-order valence-electron chi connectivity index (χ0n) is 11.0. The fourth-order valence-electron chi connectivity index (χ4n) is 2.40. The Morgan fingerprint density at radius 3 is 2.33 bits per heavy atom. The topological polar surface area (TPSA) is 92.8 Å². The second-order valence-electron chi connectivity index (χ2n) is 4.85. The lowest BCUT2D eigenvalue weighted by atomic mass is 9.99. The molecule has 1 atom stereocenters. The van der Waals surface area contributed by atoms with Crippen LogP contribution in [0.3, 0.4) is 0 Å². The second kappa shape index (κ2) is 5.01. The zero-order chi connectivity index (χ0) is 15.0. The maximum atomic E-state index is 12.0. The first-order valence-electron chi connectivity index (χ1n) is 6.57. The van der Waals surface area contributed by atoms with Gasteiger partial charge < -0.3 is 10.2 Å². The average molecular weight is 288 g/mol. The molecule has 1 aromatic rings. The highest BCUT2D eigenvalue weighted by molar-refractivity contribution is 6.21. The summed E-state index contributed by atoms with van der Waals surface area (Å²) in [4.78, 5) is 52.5. The quantitative estimate of drug-likeness (QED) is 0.622. The molecule has 3 rings (SSSR count). The first-order chi connectivity index (χ1) is 10.1. The number of nitrogens with one attached hydrogen (secondary N) is 1. The number of hydrogen-bond acceptors (Lipinski definition) is 5. The zero-order valence-corrected chi connectivity index (χ0v) is 11.0. The lowest BCUT2D eigenvalue weighted by Crippen LogP contribution is -2.44. The number of imide groups is 1. The van der Waals surface area contributed by atoms with E-state index in [1.54, 1.807) is 12.1 Å². The largest absolute Gasteiger partial charge is 0.355 e. The number of piperidine rings is 1. The smallest absolute Gasteiger partial charge is 0.345 e. The molecule has 1 saturated heterocycles. The van der Waals surface area contributed by atoms with Crippen molar-refractivity contribution >= 4 is 23.7 Å². The van der Waals surface area contributed by atoms with Crippen LogP contribution in [0.15, 0.2) is 24.3 Å². The molecular weight excluding hydrogens is 276 g/mol. The van der Waals surface area contributed by atoms with Crippen LogP contribution in [0.1, 0.15) is 33.6 Å². The van der Waals surface area contributed by atoms with E-state index in [0.717, 1.165) is 0 Å². The number of nitrogens with zero attached hydrogens (tertiary/aromatic N) is 1. The molecule has 21 heavy (non-hydrogen) atoms. The normalized spacial score (nSPS) is 21.0. The third kappa shape index (κ3) is 2.16. The Labute approximate surface area is 119 Å². The molecule has 1 aromatic carbocycles. The van der Waals surface area contributed by atoms with Crippen LogP contribution >= 0.6 is 0 Å². The molecule has 1 unspecified atom stereocenters. The number of rotatable bonds is 2. The van der Waals surface area contributed by atoms with Crippen LogP contribution in [-0.2, 0) is 14.4 Å². The highest BCUT2D eigenvalue weighted by atomic mass is 16.7. The van der Waals surface area contributed by atoms with E-state index < -0.39 is 29.6 Å². The van der Waals surface area contributed by atoms with E-state index in [4.69, 9.17) is 4.84 Å². The van der Waals surface area contributed by atoms with E-state index in [9.17, 15) is 19.2 Å². The molecule has 3 amide bonds. The Morgan fingerprint density at radius 2 is 1.76 bits per heavy atom. The van der Waals surface area contributed by atoms with Crippen LogP contribution in [0.25, 0.3) is 0 Å². The number of hydrogen-bond donors (Lipinski definition) is 1. The molecule has 0 bridgehead atoms. The van der Waals surface area contributed by atoms with Crippen molar-refractivity contribution in [1.82, 2.24) is 10.4 Å². The SMILES string of the molecule is O=C1NCCCC1C(=O)ON1C(=O)c2ccccc2C1=O. The van der Waals surface area contributed by atoms with E-state index in [-0.39, 0.29) is 11.1 Å². The molecule has 0 saturated carbocycles. The van der Waals surface area contributed by atoms with Crippen molar-refractivity contribution in [3.8, 4) is 0 Å². The van der Waals surface area contributed by atoms with Crippen LogP contribution < -0.4 is 5.32 Å². The van der Waals surface area contributed by atoms with Crippen molar-refractivity contribution < 1.29 is 24.0 Å². The Hall–Kier alpha value is -2.70. The Balaban J connectivity index is 1.77. The van der Waals surface area contributed by atoms with E-state index in [1.165, 1.54) is 12.1 Å². The molecule has 2 aliphatic heterocycles. The fraction of sp³-hybridized carbons (Fsp3) is 0.286. The maximum Gasteiger partial charge on any atom is 0.345 e. The minimum absolute atomic E-state index is 0.184. The van der Waals surface area contributed by atoms with Gasteiger partial charge >= 0.3 is 5.97 Å². The summed E-state index contributed by atoms with van der Waals surface area (Å²) >= 11 is 0. The Bertz CT molecular complexity index is 620. The monoisotopic (exact) mass is 288 g/mol. The maximum absolute atomic E-state index is 12.0. The van der Waals surface area contributed by atoms with Gasteiger partial charge in [-0.2, -0.15) is 0 Å².